The quantitative estimate of drug-likeness (QED) is 0.374. The van der Waals surface area contributed by atoms with Gasteiger partial charge >= 0.3 is 5.97 Å². The van der Waals surface area contributed by atoms with E-state index >= 15 is 0 Å². The van der Waals surface area contributed by atoms with E-state index in [-0.39, 0.29) is 27.0 Å². The molecule has 0 unspecified atom stereocenters. The summed E-state index contributed by atoms with van der Waals surface area (Å²) >= 11 is 0. The Morgan fingerprint density at radius 1 is 1.11 bits per heavy atom. The minimum absolute atomic E-state index is 0.0180. The van der Waals surface area contributed by atoms with Crippen molar-refractivity contribution in [3.63, 3.8) is 0 Å². The highest BCUT2D eigenvalue weighted by Crippen LogP contribution is 2.25. The fraction of sp³-hybridized carbons (Fsp3) is 0.0588. The molecule has 0 saturated heterocycles. The Morgan fingerprint density at radius 2 is 1.74 bits per heavy atom. The molecule has 0 bridgehead atoms. The molecule has 0 saturated carbocycles. The summed E-state index contributed by atoms with van der Waals surface area (Å²) in [7, 11) is -2.85. The number of esters is 1. The minimum atomic E-state index is -4.01. The number of hydrogen-bond acceptors (Lipinski definition) is 7. The van der Waals surface area contributed by atoms with E-state index in [0.717, 1.165) is 17.9 Å². The van der Waals surface area contributed by atoms with E-state index in [2.05, 4.69) is 9.84 Å². The van der Waals surface area contributed by atoms with E-state index in [1.165, 1.54) is 36.4 Å². The number of nitro benzene ring substituents is 1. The first-order valence-corrected chi connectivity index (χ1v) is 9.06. The maximum Gasteiger partial charge on any atom is 0.358 e. The SMILES string of the molecule is COC(=O)c1cc(S(=O)(=O)c2ccccc2)n(-c2ccc([N+](=O)[O-])cc2)n1. The molecule has 0 N–H and O–H groups in total. The minimum Gasteiger partial charge on any atom is -0.464 e. The summed E-state index contributed by atoms with van der Waals surface area (Å²) in [5, 5.41) is 14.6. The second-order valence-corrected chi connectivity index (χ2v) is 7.26. The second-order valence-electron chi connectivity index (χ2n) is 5.36. The van der Waals surface area contributed by atoms with Crippen LogP contribution in [0.1, 0.15) is 10.5 Å². The van der Waals surface area contributed by atoms with Crippen molar-refractivity contribution in [1.82, 2.24) is 9.78 Å². The third-order valence-electron chi connectivity index (χ3n) is 3.71. The first-order valence-electron chi connectivity index (χ1n) is 7.58. The Balaban J connectivity index is 2.20. The molecule has 1 aromatic heterocycles. The molecule has 0 radical (unpaired) electrons. The molecular formula is C17H13N3O6S. The zero-order valence-corrected chi connectivity index (χ0v) is 14.8. The second kappa shape index (κ2) is 7.00. The summed E-state index contributed by atoms with van der Waals surface area (Å²) in [6.07, 6.45) is 0. The lowest BCUT2D eigenvalue weighted by Crippen LogP contribution is -2.10. The molecule has 3 rings (SSSR count). The predicted octanol–water partition coefficient (Wildman–Crippen LogP) is 2.40. The van der Waals surface area contributed by atoms with Crippen LogP contribution in [0.2, 0.25) is 0 Å². The van der Waals surface area contributed by atoms with Crippen molar-refractivity contribution < 1.29 is 22.9 Å². The van der Waals surface area contributed by atoms with Crippen LogP contribution >= 0.6 is 0 Å². The molecule has 0 aliphatic rings. The molecule has 138 valence electrons. The first kappa shape index (κ1) is 18.3. The molecule has 2 aromatic carbocycles. The molecule has 0 aliphatic carbocycles. The van der Waals surface area contributed by atoms with Crippen LogP contribution in [0.4, 0.5) is 5.69 Å². The molecule has 9 nitrogen and oxygen atoms in total. The topological polar surface area (TPSA) is 121 Å². The molecular weight excluding hydrogens is 374 g/mol. The zero-order chi connectivity index (χ0) is 19.6. The fourth-order valence-corrected chi connectivity index (χ4v) is 3.78. The van der Waals surface area contributed by atoms with Crippen molar-refractivity contribution in [2.75, 3.05) is 7.11 Å². The van der Waals surface area contributed by atoms with Crippen LogP contribution in [-0.4, -0.2) is 36.2 Å². The number of nitro groups is 1. The number of ether oxygens (including phenoxy) is 1. The highest BCUT2D eigenvalue weighted by molar-refractivity contribution is 7.91. The number of non-ortho nitro benzene ring substituents is 1. The Morgan fingerprint density at radius 3 is 2.30 bits per heavy atom. The maximum atomic E-state index is 13.0. The maximum absolute atomic E-state index is 13.0. The number of methoxy groups -OCH3 is 1. The Hall–Kier alpha value is -3.53. The molecule has 3 aromatic rings. The normalized spacial score (nSPS) is 11.1. The average molecular weight is 387 g/mol. The van der Waals surface area contributed by atoms with E-state index in [0.29, 0.717) is 0 Å². The molecule has 10 heteroatoms. The summed E-state index contributed by atoms with van der Waals surface area (Å²) in [6.45, 7) is 0. The average Bonchev–Trinajstić information content (AvgIpc) is 3.14. The highest BCUT2D eigenvalue weighted by Gasteiger charge is 2.27. The Kier molecular flexibility index (Phi) is 4.74. The van der Waals surface area contributed by atoms with Gasteiger partial charge in [0.25, 0.3) is 5.69 Å². The monoisotopic (exact) mass is 387 g/mol. The Bertz CT molecular complexity index is 1110. The van der Waals surface area contributed by atoms with Crippen LogP contribution in [0.25, 0.3) is 5.69 Å². The van der Waals surface area contributed by atoms with Crippen LogP contribution in [0.3, 0.4) is 0 Å². The van der Waals surface area contributed by atoms with Gasteiger partial charge in [-0.15, -0.1) is 0 Å². The summed E-state index contributed by atoms with van der Waals surface area (Å²) < 4.78 is 31.7. The molecule has 0 fully saturated rings. The summed E-state index contributed by atoms with van der Waals surface area (Å²) in [6, 6.07) is 13.9. The highest BCUT2D eigenvalue weighted by atomic mass is 32.2. The molecule has 0 atom stereocenters. The molecule has 0 amide bonds. The summed E-state index contributed by atoms with van der Waals surface area (Å²) in [4.78, 5) is 22.1. The number of sulfone groups is 1. The lowest BCUT2D eigenvalue weighted by molar-refractivity contribution is -0.384. The molecule has 0 spiro atoms. The van der Waals surface area contributed by atoms with Crippen LogP contribution < -0.4 is 0 Å². The van der Waals surface area contributed by atoms with Crippen LogP contribution in [0.15, 0.2) is 70.6 Å². The van der Waals surface area contributed by atoms with Gasteiger partial charge in [0, 0.05) is 18.2 Å². The number of nitrogens with zero attached hydrogens (tertiary/aromatic N) is 3. The van der Waals surface area contributed by atoms with Crippen molar-refractivity contribution in [2.45, 2.75) is 9.92 Å². The summed E-state index contributed by atoms with van der Waals surface area (Å²) in [5.74, 6) is -0.805. The lowest BCUT2D eigenvalue weighted by Gasteiger charge is -2.08. The van der Waals surface area contributed by atoms with E-state index in [1.807, 2.05) is 0 Å². The van der Waals surface area contributed by atoms with Crippen molar-refractivity contribution in [2.24, 2.45) is 0 Å². The van der Waals surface area contributed by atoms with Gasteiger partial charge in [0.05, 0.1) is 22.6 Å². The van der Waals surface area contributed by atoms with Crippen LogP contribution in [0, 0.1) is 10.1 Å². The van der Waals surface area contributed by atoms with E-state index in [9.17, 15) is 23.3 Å². The van der Waals surface area contributed by atoms with Gasteiger partial charge in [0.2, 0.25) is 9.84 Å². The number of aromatic nitrogens is 2. The van der Waals surface area contributed by atoms with Gasteiger partial charge in [0.15, 0.2) is 10.7 Å². The molecule has 1 heterocycles. The zero-order valence-electron chi connectivity index (χ0n) is 14.0. The van der Waals surface area contributed by atoms with Gasteiger partial charge in [-0.1, -0.05) is 18.2 Å². The van der Waals surface area contributed by atoms with Crippen molar-refractivity contribution in [3.8, 4) is 5.69 Å². The standard InChI is InChI=1S/C17H13N3O6S/c1-26-17(21)15-11-16(27(24,25)14-5-3-2-4-6-14)19(18-15)12-7-9-13(10-8-12)20(22)23/h2-11H,1H3. The number of carbonyl (C=O) groups excluding carboxylic acids is 1. The van der Waals surface area contributed by atoms with E-state index < -0.39 is 20.7 Å². The Labute approximate surface area is 153 Å². The predicted molar refractivity (Wildman–Crippen MR) is 93.5 cm³/mol. The third kappa shape index (κ3) is 3.42. The lowest BCUT2D eigenvalue weighted by atomic mass is 10.3. The number of benzene rings is 2. The van der Waals surface area contributed by atoms with Gasteiger partial charge in [-0.3, -0.25) is 10.1 Å². The number of hydrogen-bond donors (Lipinski definition) is 0. The van der Waals surface area contributed by atoms with Gasteiger partial charge in [0.1, 0.15) is 0 Å². The van der Waals surface area contributed by atoms with Crippen LogP contribution in [0.5, 0.6) is 0 Å². The van der Waals surface area contributed by atoms with E-state index in [1.54, 1.807) is 18.2 Å². The largest absolute Gasteiger partial charge is 0.464 e. The van der Waals surface area contributed by atoms with Crippen molar-refractivity contribution in [3.05, 3.63) is 76.5 Å². The number of rotatable bonds is 5. The van der Waals surface area contributed by atoms with Gasteiger partial charge in [-0.25, -0.2) is 17.9 Å². The van der Waals surface area contributed by atoms with Gasteiger partial charge in [-0.05, 0) is 24.3 Å². The third-order valence-corrected chi connectivity index (χ3v) is 5.44. The first-order chi connectivity index (χ1) is 12.8. The van der Waals surface area contributed by atoms with Gasteiger partial charge < -0.3 is 4.74 Å². The van der Waals surface area contributed by atoms with Gasteiger partial charge in [-0.2, -0.15) is 5.10 Å². The smallest absolute Gasteiger partial charge is 0.358 e. The number of carbonyl (C=O) groups is 1. The van der Waals surface area contributed by atoms with Crippen LogP contribution in [-0.2, 0) is 14.6 Å². The van der Waals surface area contributed by atoms with Crippen molar-refractivity contribution >= 4 is 21.5 Å². The summed E-state index contributed by atoms with van der Waals surface area (Å²) in [5.41, 5.74) is -0.123. The molecule has 0 aliphatic heterocycles. The van der Waals surface area contributed by atoms with Crippen molar-refractivity contribution in [1.29, 1.82) is 0 Å². The van der Waals surface area contributed by atoms with E-state index in [4.69, 9.17) is 0 Å². The molecule has 27 heavy (non-hydrogen) atoms. The fourth-order valence-electron chi connectivity index (χ4n) is 2.38.